The van der Waals surface area contributed by atoms with Gasteiger partial charge in [0.25, 0.3) is 10.0 Å². The minimum absolute atomic E-state index is 0.0882. The number of fused-ring (bicyclic) bond motifs is 1. The number of thiazole rings is 1. The molecule has 0 saturated carbocycles. The lowest BCUT2D eigenvalue weighted by atomic mass is 10.1. The molecule has 0 bridgehead atoms. The molecule has 0 spiro atoms. The van der Waals surface area contributed by atoms with E-state index in [-0.39, 0.29) is 22.2 Å². The predicted molar refractivity (Wildman–Crippen MR) is 103 cm³/mol. The van der Waals surface area contributed by atoms with Crippen LogP contribution in [-0.4, -0.2) is 25.6 Å². The number of aromatic nitrogens is 1. The number of sulfonamides is 1. The average molecular weight is 411 g/mol. The highest BCUT2D eigenvalue weighted by atomic mass is 32.2. The van der Waals surface area contributed by atoms with E-state index in [2.05, 4.69) is 4.40 Å². The summed E-state index contributed by atoms with van der Waals surface area (Å²) in [5.41, 5.74) is 2.92. The normalized spacial score (nSPS) is 12.7. The molecule has 2 heterocycles. The molecule has 1 aromatic carbocycles. The second kappa shape index (κ2) is 7.34. The third-order valence-electron chi connectivity index (χ3n) is 3.84. The minimum Gasteiger partial charge on any atom is -0.465 e. The van der Waals surface area contributed by atoms with Gasteiger partial charge in [0.2, 0.25) is 4.80 Å². The Labute approximate surface area is 159 Å². The molecule has 0 amide bonds. The molecular weight excluding hydrogens is 392 g/mol. The summed E-state index contributed by atoms with van der Waals surface area (Å²) in [7, 11) is -3.83. The second-order valence-electron chi connectivity index (χ2n) is 5.68. The smallest absolute Gasteiger partial charge is 0.326 e. The molecule has 26 heavy (non-hydrogen) atoms. The van der Waals surface area contributed by atoms with Gasteiger partial charge in [0, 0.05) is 0 Å². The van der Waals surface area contributed by atoms with Gasteiger partial charge in [0.1, 0.15) is 10.8 Å². The first-order valence-corrected chi connectivity index (χ1v) is 11.1. The third kappa shape index (κ3) is 3.74. The van der Waals surface area contributed by atoms with Crippen LogP contribution in [0.1, 0.15) is 18.1 Å². The topological polar surface area (TPSA) is 77.7 Å². The second-order valence-corrected chi connectivity index (χ2v) is 9.47. The van der Waals surface area contributed by atoms with Crippen molar-refractivity contribution in [3.8, 4) is 0 Å². The summed E-state index contributed by atoms with van der Waals surface area (Å²) in [6, 6.07) is 7.10. The molecule has 2 aromatic heterocycles. The quantitative estimate of drug-likeness (QED) is 0.605. The maximum absolute atomic E-state index is 12.6. The molecular formula is C17H18N2O4S3. The number of ether oxygens (including phenoxy) is 1. The summed E-state index contributed by atoms with van der Waals surface area (Å²) in [6.07, 6.45) is 0. The van der Waals surface area contributed by atoms with Crippen LogP contribution in [0.25, 0.3) is 10.2 Å². The molecule has 3 aromatic rings. The fraction of sp³-hybridized carbons (Fsp3) is 0.294. The Hall–Kier alpha value is -1.97. The number of carbonyl (C=O) groups is 1. The van der Waals surface area contributed by atoms with E-state index in [0.717, 1.165) is 32.7 Å². The first kappa shape index (κ1) is 18.8. The summed E-state index contributed by atoms with van der Waals surface area (Å²) in [6.45, 7) is 5.87. The van der Waals surface area contributed by atoms with E-state index < -0.39 is 16.0 Å². The molecule has 0 radical (unpaired) electrons. The minimum atomic E-state index is -3.83. The van der Waals surface area contributed by atoms with Crippen molar-refractivity contribution in [2.45, 2.75) is 31.5 Å². The standard InChI is InChI=1S/C17H18N2O4S3/c1-4-23-15(20)10-19-13-8-11(2)12(3)9-14(13)25-17(19)18-26(21,22)16-6-5-7-24-16/h5-9H,4,10H2,1-3H3/b18-17-. The number of nitrogens with zero attached hydrogens (tertiary/aromatic N) is 2. The molecule has 0 aliphatic rings. The van der Waals surface area contributed by atoms with E-state index in [1.165, 1.54) is 17.4 Å². The lowest BCUT2D eigenvalue weighted by Gasteiger charge is -2.06. The number of benzene rings is 1. The maximum atomic E-state index is 12.6. The number of carbonyl (C=O) groups excluding carboxylic acids is 1. The van der Waals surface area contributed by atoms with Crippen LogP contribution >= 0.6 is 22.7 Å². The Kier molecular flexibility index (Phi) is 5.31. The van der Waals surface area contributed by atoms with E-state index in [1.54, 1.807) is 22.9 Å². The number of rotatable bonds is 5. The first-order valence-electron chi connectivity index (χ1n) is 7.92. The van der Waals surface area contributed by atoms with Crippen molar-refractivity contribution >= 4 is 48.9 Å². The van der Waals surface area contributed by atoms with Crippen LogP contribution in [0.4, 0.5) is 0 Å². The number of hydrogen-bond donors (Lipinski definition) is 0. The van der Waals surface area contributed by atoms with Crippen LogP contribution in [0, 0.1) is 13.8 Å². The first-order chi connectivity index (χ1) is 12.3. The summed E-state index contributed by atoms with van der Waals surface area (Å²) >= 11 is 2.36. The van der Waals surface area contributed by atoms with Gasteiger partial charge in [0.15, 0.2) is 0 Å². The van der Waals surface area contributed by atoms with Gasteiger partial charge in [0.05, 0.1) is 16.8 Å². The molecule has 9 heteroatoms. The summed E-state index contributed by atoms with van der Waals surface area (Å²) in [5, 5.41) is 1.69. The predicted octanol–water partition coefficient (Wildman–Crippen LogP) is 3.23. The third-order valence-corrected chi connectivity index (χ3v) is 7.64. The summed E-state index contributed by atoms with van der Waals surface area (Å²) in [5.74, 6) is -0.430. The molecule has 0 saturated heterocycles. The van der Waals surface area contributed by atoms with Gasteiger partial charge >= 0.3 is 5.97 Å². The van der Waals surface area contributed by atoms with Crippen LogP contribution in [-0.2, 0) is 26.1 Å². The molecule has 138 valence electrons. The molecule has 0 aliphatic heterocycles. The SMILES string of the molecule is CCOC(=O)Cn1/c(=N/S(=O)(=O)c2cccs2)sc2cc(C)c(C)cc21. The van der Waals surface area contributed by atoms with Gasteiger partial charge in [-0.2, -0.15) is 8.42 Å². The Balaban J connectivity index is 2.23. The largest absolute Gasteiger partial charge is 0.465 e. The van der Waals surface area contributed by atoms with E-state index in [0.29, 0.717) is 0 Å². The van der Waals surface area contributed by atoms with E-state index in [4.69, 9.17) is 4.74 Å². The molecule has 6 nitrogen and oxygen atoms in total. The Morgan fingerprint density at radius 1 is 1.27 bits per heavy atom. The van der Waals surface area contributed by atoms with Crippen LogP contribution < -0.4 is 4.80 Å². The van der Waals surface area contributed by atoms with Crippen molar-refractivity contribution in [1.82, 2.24) is 4.57 Å². The van der Waals surface area contributed by atoms with Crippen LogP contribution in [0.5, 0.6) is 0 Å². The lowest BCUT2D eigenvalue weighted by Crippen LogP contribution is -2.23. The van der Waals surface area contributed by atoms with Crippen LogP contribution in [0.15, 0.2) is 38.3 Å². The monoisotopic (exact) mass is 410 g/mol. The Morgan fingerprint density at radius 2 is 2.00 bits per heavy atom. The Morgan fingerprint density at radius 3 is 2.65 bits per heavy atom. The van der Waals surface area contributed by atoms with Crippen molar-refractivity contribution in [1.29, 1.82) is 0 Å². The van der Waals surface area contributed by atoms with Crippen molar-refractivity contribution in [2.24, 2.45) is 4.40 Å². The molecule has 0 fully saturated rings. The van der Waals surface area contributed by atoms with Crippen molar-refractivity contribution < 1.29 is 17.9 Å². The zero-order chi connectivity index (χ0) is 18.9. The van der Waals surface area contributed by atoms with E-state index in [1.807, 2.05) is 26.0 Å². The highest BCUT2D eigenvalue weighted by molar-refractivity contribution is 7.92. The van der Waals surface area contributed by atoms with E-state index >= 15 is 0 Å². The maximum Gasteiger partial charge on any atom is 0.326 e. The van der Waals surface area contributed by atoms with Gasteiger partial charge in [-0.25, -0.2) is 0 Å². The Bertz CT molecular complexity index is 1120. The van der Waals surface area contributed by atoms with Gasteiger partial charge < -0.3 is 9.30 Å². The number of aryl methyl sites for hydroxylation is 2. The molecule has 3 rings (SSSR count). The highest BCUT2D eigenvalue weighted by Gasteiger charge is 2.17. The number of thiophene rings is 1. The number of hydrogen-bond acceptors (Lipinski definition) is 6. The van der Waals surface area contributed by atoms with Gasteiger partial charge in [-0.15, -0.1) is 15.7 Å². The zero-order valence-corrected chi connectivity index (χ0v) is 17.0. The van der Waals surface area contributed by atoms with Crippen LogP contribution in [0.3, 0.4) is 0 Å². The fourth-order valence-corrected chi connectivity index (χ4v) is 5.72. The van der Waals surface area contributed by atoms with E-state index in [9.17, 15) is 13.2 Å². The lowest BCUT2D eigenvalue weighted by molar-refractivity contribution is -0.143. The highest BCUT2D eigenvalue weighted by Crippen LogP contribution is 2.23. The zero-order valence-electron chi connectivity index (χ0n) is 14.6. The van der Waals surface area contributed by atoms with Gasteiger partial charge in [-0.05, 0) is 55.5 Å². The van der Waals surface area contributed by atoms with Gasteiger partial charge in [-0.3, -0.25) is 4.79 Å². The molecule has 0 atom stereocenters. The molecule has 0 unspecified atom stereocenters. The van der Waals surface area contributed by atoms with Gasteiger partial charge in [-0.1, -0.05) is 17.4 Å². The van der Waals surface area contributed by atoms with Crippen LogP contribution in [0.2, 0.25) is 0 Å². The van der Waals surface area contributed by atoms with Crippen molar-refractivity contribution in [3.63, 3.8) is 0 Å². The summed E-state index contributed by atoms with van der Waals surface area (Å²) < 4.78 is 36.8. The number of esters is 1. The van der Waals surface area contributed by atoms with Crippen molar-refractivity contribution in [3.05, 3.63) is 45.6 Å². The fourth-order valence-electron chi connectivity index (χ4n) is 2.44. The molecule has 0 aliphatic carbocycles. The van der Waals surface area contributed by atoms with Crippen molar-refractivity contribution in [2.75, 3.05) is 6.61 Å². The summed E-state index contributed by atoms with van der Waals surface area (Å²) in [4.78, 5) is 12.3. The molecule has 0 N–H and O–H groups in total. The average Bonchev–Trinajstić information content (AvgIpc) is 3.19.